The van der Waals surface area contributed by atoms with Crippen LogP contribution in [-0.2, 0) is 11.3 Å². The number of nitrogens with zero attached hydrogens (tertiary/aromatic N) is 1. The minimum atomic E-state index is -0.0592. The van der Waals surface area contributed by atoms with Crippen LogP contribution in [0.4, 0.5) is 5.82 Å². The minimum absolute atomic E-state index is 0.0592. The highest BCUT2D eigenvalue weighted by Gasteiger charge is 2.12. The van der Waals surface area contributed by atoms with Crippen LogP contribution in [0.25, 0.3) is 0 Å². The first-order valence-electron chi connectivity index (χ1n) is 5.69. The van der Waals surface area contributed by atoms with E-state index in [1.807, 2.05) is 12.4 Å². The van der Waals surface area contributed by atoms with Crippen LogP contribution in [0.1, 0.15) is 11.3 Å². The molecule has 5 nitrogen and oxygen atoms in total. The number of aryl methyl sites for hydroxylation is 1. The Morgan fingerprint density at radius 2 is 2.44 bits per heavy atom. The standard InChI is InChI=1S/C12H15N3O2S/c1-9-5-11(14-17-9)13-12(16)7-15(2)6-10-3-4-18-8-10/h3-5,8H,6-7H2,1-2H3,(H,13,14,16)/p+1. The molecule has 0 aliphatic heterocycles. The average Bonchev–Trinajstić information content (AvgIpc) is 2.90. The van der Waals surface area contributed by atoms with Crippen molar-refractivity contribution in [3.05, 3.63) is 34.2 Å². The number of hydrogen-bond acceptors (Lipinski definition) is 4. The summed E-state index contributed by atoms with van der Waals surface area (Å²) in [6.07, 6.45) is 0. The summed E-state index contributed by atoms with van der Waals surface area (Å²) in [4.78, 5) is 12.9. The van der Waals surface area contributed by atoms with Gasteiger partial charge < -0.3 is 14.7 Å². The second-order valence-corrected chi connectivity index (χ2v) is 5.09. The van der Waals surface area contributed by atoms with Crippen molar-refractivity contribution in [1.29, 1.82) is 0 Å². The van der Waals surface area contributed by atoms with Crippen molar-refractivity contribution in [3.63, 3.8) is 0 Å². The third-order valence-corrected chi connectivity index (χ3v) is 3.18. The highest BCUT2D eigenvalue weighted by atomic mass is 32.1. The van der Waals surface area contributed by atoms with E-state index in [9.17, 15) is 4.79 Å². The monoisotopic (exact) mass is 266 g/mol. The van der Waals surface area contributed by atoms with Crippen molar-refractivity contribution in [2.45, 2.75) is 13.5 Å². The topological polar surface area (TPSA) is 59.6 Å². The van der Waals surface area contributed by atoms with Gasteiger partial charge in [0.25, 0.3) is 5.91 Å². The third kappa shape index (κ3) is 3.68. The number of amides is 1. The van der Waals surface area contributed by atoms with Crippen LogP contribution in [0.3, 0.4) is 0 Å². The molecule has 2 rings (SSSR count). The first kappa shape index (κ1) is 12.8. The van der Waals surface area contributed by atoms with E-state index in [1.54, 1.807) is 24.3 Å². The van der Waals surface area contributed by atoms with Gasteiger partial charge in [-0.15, -0.1) is 0 Å². The summed E-state index contributed by atoms with van der Waals surface area (Å²) in [5.41, 5.74) is 1.25. The van der Waals surface area contributed by atoms with E-state index < -0.39 is 0 Å². The summed E-state index contributed by atoms with van der Waals surface area (Å²) in [5, 5.41) is 10.6. The van der Waals surface area contributed by atoms with Crippen LogP contribution >= 0.6 is 11.3 Å². The Bertz CT molecular complexity index is 507. The van der Waals surface area contributed by atoms with E-state index >= 15 is 0 Å². The molecule has 1 atom stereocenters. The van der Waals surface area contributed by atoms with Gasteiger partial charge >= 0.3 is 0 Å². The Kier molecular flexibility index (Phi) is 4.11. The Morgan fingerprint density at radius 1 is 1.61 bits per heavy atom. The maximum atomic E-state index is 11.7. The molecule has 96 valence electrons. The van der Waals surface area contributed by atoms with Gasteiger partial charge in [0.1, 0.15) is 12.3 Å². The zero-order valence-corrected chi connectivity index (χ0v) is 11.2. The molecule has 18 heavy (non-hydrogen) atoms. The minimum Gasteiger partial charge on any atom is -0.360 e. The number of thiophene rings is 1. The van der Waals surface area contributed by atoms with Crippen LogP contribution in [0.5, 0.6) is 0 Å². The van der Waals surface area contributed by atoms with Crippen molar-refractivity contribution in [3.8, 4) is 0 Å². The van der Waals surface area contributed by atoms with Gasteiger partial charge in [-0.3, -0.25) is 4.79 Å². The van der Waals surface area contributed by atoms with Gasteiger partial charge in [0.2, 0.25) is 0 Å². The van der Waals surface area contributed by atoms with Crippen molar-refractivity contribution < 1.29 is 14.2 Å². The molecular weight excluding hydrogens is 250 g/mol. The highest BCUT2D eigenvalue weighted by Crippen LogP contribution is 2.06. The number of quaternary nitrogens is 1. The normalized spacial score (nSPS) is 12.3. The number of hydrogen-bond donors (Lipinski definition) is 2. The molecule has 0 bridgehead atoms. The van der Waals surface area contributed by atoms with Crippen LogP contribution in [0.15, 0.2) is 27.4 Å². The van der Waals surface area contributed by atoms with E-state index in [0.717, 1.165) is 11.4 Å². The lowest BCUT2D eigenvalue weighted by atomic mass is 10.3. The number of rotatable bonds is 5. The zero-order valence-electron chi connectivity index (χ0n) is 10.4. The highest BCUT2D eigenvalue weighted by molar-refractivity contribution is 7.07. The molecule has 2 heterocycles. The Labute approximate surface area is 109 Å². The lowest BCUT2D eigenvalue weighted by molar-refractivity contribution is -0.885. The molecule has 0 aliphatic carbocycles. The lowest BCUT2D eigenvalue weighted by Crippen LogP contribution is -3.08. The van der Waals surface area contributed by atoms with Crippen LogP contribution < -0.4 is 10.2 Å². The van der Waals surface area contributed by atoms with Gasteiger partial charge in [-0.2, -0.15) is 11.3 Å². The summed E-state index contributed by atoms with van der Waals surface area (Å²) in [6, 6.07) is 3.78. The molecule has 6 heteroatoms. The maximum Gasteiger partial charge on any atom is 0.280 e. The molecular formula is C12H16N3O2S+. The quantitative estimate of drug-likeness (QED) is 0.837. The van der Waals surface area contributed by atoms with Crippen molar-refractivity contribution in [2.75, 3.05) is 18.9 Å². The van der Waals surface area contributed by atoms with Crippen LogP contribution in [0, 0.1) is 6.92 Å². The molecule has 0 aromatic carbocycles. The van der Waals surface area contributed by atoms with E-state index in [-0.39, 0.29) is 5.91 Å². The SMILES string of the molecule is Cc1cc(NC(=O)C[NH+](C)Cc2ccsc2)no1. The number of likely N-dealkylation sites (N-methyl/N-ethyl adjacent to an activating group) is 1. The molecule has 0 saturated carbocycles. The van der Waals surface area contributed by atoms with Gasteiger partial charge in [0, 0.05) is 11.6 Å². The number of aromatic nitrogens is 1. The summed E-state index contributed by atoms with van der Waals surface area (Å²) >= 11 is 1.67. The lowest BCUT2D eigenvalue weighted by Gasteiger charge is -2.11. The number of carbonyl (C=O) groups excluding carboxylic acids is 1. The maximum absolute atomic E-state index is 11.7. The Balaban J connectivity index is 1.80. The molecule has 0 saturated heterocycles. The van der Waals surface area contributed by atoms with Gasteiger partial charge in [-0.1, -0.05) is 5.16 Å². The number of nitrogens with one attached hydrogen (secondary N) is 2. The first-order chi connectivity index (χ1) is 8.63. The zero-order chi connectivity index (χ0) is 13.0. The van der Waals surface area contributed by atoms with Crippen LogP contribution in [0.2, 0.25) is 0 Å². The van der Waals surface area contributed by atoms with Gasteiger partial charge in [0.05, 0.1) is 7.05 Å². The fourth-order valence-electron chi connectivity index (χ4n) is 1.69. The predicted molar refractivity (Wildman–Crippen MR) is 69.6 cm³/mol. The number of carbonyl (C=O) groups is 1. The van der Waals surface area contributed by atoms with Gasteiger partial charge in [-0.05, 0) is 23.8 Å². The van der Waals surface area contributed by atoms with Crippen molar-refractivity contribution >= 4 is 23.1 Å². The number of anilines is 1. The second kappa shape index (κ2) is 5.79. The van der Waals surface area contributed by atoms with Gasteiger partial charge in [0.15, 0.2) is 12.4 Å². The molecule has 0 fully saturated rings. The fraction of sp³-hybridized carbons (Fsp3) is 0.333. The Hall–Kier alpha value is -1.66. The van der Waals surface area contributed by atoms with Crippen molar-refractivity contribution in [2.24, 2.45) is 0 Å². The summed E-state index contributed by atoms with van der Waals surface area (Å²) < 4.78 is 4.89. The van der Waals surface area contributed by atoms with E-state index in [4.69, 9.17) is 4.52 Å². The fourth-order valence-corrected chi connectivity index (χ4v) is 2.36. The first-order valence-corrected chi connectivity index (χ1v) is 6.63. The van der Waals surface area contributed by atoms with Gasteiger partial charge in [-0.25, -0.2) is 0 Å². The van der Waals surface area contributed by atoms with Crippen molar-refractivity contribution in [1.82, 2.24) is 5.16 Å². The molecule has 2 aromatic heterocycles. The molecule has 0 radical (unpaired) electrons. The average molecular weight is 266 g/mol. The Morgan fingerprint density at radius 3 is 3.06 bits per heavy atom. The summed E-state index contributed by atoms with van der Waals surface area (Å²) in [5.74, 6) is 1.10. The molecule has 1 amide bonds. The molecule has 1 unspecified atom stereocenters. The molecule has 0 aliphatic rings. The molecule has 2 N–H and O–H groups in total. The van der Waals surface area contributed by atoms with Crippen LogP contribution in [-0.4, -0.2) is 24.7 Å². The molecule has 0 spiro atoms. The summed E-state index contributed by atoms with van der Waals surface area (Å²) in [7, 11) is 1.99. The van der Waals surface area contributed by atoms with E-state index in [2.05, 4.69) is 21.9 Å². The van der Waals surface area contributed by atoms with E-state index in [0.29, 0.717) is 18.1 Å². The summed E-state index contributed by atoms with van der Waals surface area (Å²) in [6.45, 7) is 3.03. The third-order valence-electron chi connectivity index (χ3n) is 2.44. The second-order valence-electron chi connectivity index (χ2n) is 4.31. The largest absolute Gasteiger partial charge is 0.360 e. The van der Waals surface area contributed by atoms with E-state index in [1.165, 1.54) is 5.56 Å². The predicted octanol–water partition coefficient (Wildman–Crippen LogP) is 0.698. The molecule has 2 aromatic rings. The smallest absolute Gasteiger partial charge is 0.280 e.